The number of rotatable bonds is 5. The van der Waals surface area contributed by atoms with Crippen LogP contribution in [-0.4, -0.2) is 24.0 Å². The summed E-state index contributed by atoms with van der Waals surface area (Å²) >= 11 is 0. The largest absolute Gasteiger partial charge is 0.460 e. The van der Waals surface area contributed by atoms with E-state index in [1.54, 1.807) is 6.41 Å². The fourth-order valence-corrected chi connectivity index (χ4v) is 0.965. The molecule has 1 amide bonds. The minimum atomic E-state index is -0.472. The summed E-state index contributed by atoms with van der Waals surface area (Å²) in [6, 6.07) is -0.178. The van der Waals surface area contributed by atoms with Gasteiger partial charge in [-0.3, -0.25) is 9.59 Å². The standard InChI is InChI=1S/C10H18NO3/c1-5-8(11-7-12)6-9(13)14-10(2,3)4/h8H,5-6H2,1-4H3,(H,11,12). The maximum absolute atomic E-state index is 11.3. The van der Waals surface area contributed by atoms with E-state index >= 15 is 0 Å². The van der Waals surface area contributed by atoms with Crippen LogP contribution in [0.4, 0.5) is 0 Å². The lowest BCUT2D eigenvalue weighted by Gasteiger charge is -2.21. The second kappa shape index (κ2) is 5.62. The van der Waals surface area contributed by atoms with Crippen LogP contribution in [0.3, 0.4) is 0 Å². The zero-order valence-corrected chi connectivity index (χ0v) is 9.22. The van der Waals surface area contributed by atoms with E-state index in [1.807, 2.05) is 27.7 Å². The number of nitrogens with one attached hydrogen (secondary N) is 1. The zero-order valence-electron chi connectivity index (χ0n) is 9.22. The van der Waals surface area contributed by atoms with E-state index in [9.17, 15) is 9.59 Å². The van der Waals surface area contributed by atoms with Gasteiger partial charge in [0.05, 0.1) is 6.42 Å². The molecule has 0 aromatic rings. The van der Waals surface area contributed by atoms with Gasteiger partial charge in [0.25, 0.3) is 0 Å². The van der Waals surface area contributed by atoms with Crippen LogP contribution in [0.1, 0.15) is 40.5 Å². The first-order chi connectivity index (χ1) is 6.39. The summed E-state index contributed by atoms with van der Waals surface area (Å²) < 4.78 is 5.11. The highest BCUT2D eigenvalue weighted by Gasteiger charge is 2.19. The Balaban J connectivity index is 3.96. The van der Waals surface area contributed by atoms with Gasteiger partial charge in [-0.05, 0) is 27.2 Å². The van der Waals surface area contributed by atoms with Gasteiger partial charge in [-0.25, -0.2) is 0 Å². The van der Waals surface area contributed by atoms with Crippen molar-refractivity contribution in [3.8, 4) is 0 Å². The van der Waals surface area contributed by atoms with E-state index in [1.165, 1.54) is 0 Å². The Morgan fingerprint density at radius 1 is 1.50 bits per heavy atom. The summed E-state index contributed by atoms with van der Waals surface area (Å²) in [4.78, 5) is 21.4. The number of esters is 1. The van der Waals surface area contributed by atoms with Crippen LogP contribution in [0.15, 0.2) is 0 Å². The molecule has 1 N–H and O–H groups in total. The second-order valence-electron chi connectivity index (χ2n) is 4.14. The van der Waals surface area contributed by atoms with Gasteiger partial charge < -0.3 is 10.1 Å². The quantitative estimate of drug-likeness (QED) is 0.535. The van der Waals surface area contributed by atoms with Crippen molar-refractivity contribution in [2.24, 2.45) is 0 Å². The fourth-order valence-electron chi connectivity index (χ4n) is 0.965. The molecule has 0 fully saturated rings. The molecule has 0 spiro atoms. The Morgan fingerprint density at radius 2 is 2.07 bits per heavy atom. The maximum atomic E-state index is 11.3. The summed E-state index contributed by atoms with van der Waals surface area (Å²) in [5, 5.41) is 2.44. The Bertz CT molecular complexity index is 196. The van der Waals surface area contributed by atoms with E-state index in [-0.39, 0.29) is 18.4 Å². The van der Waals surface area contributed by atoms with E-state index in [0.717, 1.165) is 0 Å². The van der Waals surface area contributed by atoms with Gasteiger partial charge >= 0.3 is 12.4 Å². The van der Waals surface area contributed by atoms with Crippen molar-refractivity contribution < 1.29 is 14.3 Å². The summed E-state index contributed by atoms with van der Waals surface area (Å²) in [5.41, 5.74) is -0.472. The fraction of sp³-hybridized carbons (Fsp3) is 0.800. The molecule has 1 unspecified atom stereocenters. The Hall–Kier alpha value is -1.06. The molecule has 0 aliphatic heterocycles. The van der Waals surface area contributed by atoms with Gasteiger partial charge in [0.15, 0.2) is 0 Å². The molecule has 0 saturated heterocycles. The summed E-state index contributed by atoms with van der Waals surface area (Å²) in [7, 11) is 0. The van der Waals surface area contributed by atoms with Crippen LogP contribution in [0.25, 0.3) is 0 Å². The molecular weight excluding hydrogens is 182 g/mol. The number of hydrogen-bond acceptors (Lipinski definition) is 3. The second-order valence-corrected chi connectivity index (χ2v) is 4.14. The monoisotopic (exact) mass is 200 g/mol. The first kappa shape index (κ1) is 12.9. The van der Waals surface area contributed by atoms with Crippen molar-refractivity contribution in [1.82, 2.24) is 5.32 Å². The first-order valence-corrected chi connectivity index (χ1v) is 4.73. The van der Waals surface area contributed by atoms with Gasteiger partial charge in [-0.1, -0.05) is 6.92 Å². The van der Waals surface area contributed by atoms with Crippen LogP contribution in [0.2, 0.25) is 0 Å². The van der Waals surface area contributed by atoms with Crippen molar-refractivity contribution in [1.29, 1.82) is 0 Å². The number of hydrogen-bond donors (Lipinski definition) is 1. The topological polar surface area (TPSA) is 55.4 Å². The Labute approximate surface area is 85.0 Å². The van der Waals surface area contributed by atoms with Crippen LogP contribution in [0.5, 0.6) is 0 Å². The molecule has 81 valence electrons. The highest BCUT2D eigenvalue weighted by atomic mass is 16.6. The zero-order chi connectivity index (χ0) is 11.2. The number of carbonyl (C=O) groups excluding carboxylic acids is 2. The number of ether oxygens (including phenoxy) is 1. The third-order valence-electron chi connectivity index (χ3n) is 1.59. The van der Waals surface area contributed by atoms with Crippen molar-refractivity contribution >= 4 is 12.4 Å². The predicted octanol–water partition coefficient (Wildman–Crippen LogP) is 1.15. The van der Waals surface area contributed by atoms with Gasteiger partial charge in [-0.2, -0.15) is 0 Å². The number of carbonyl (C=O) groups is 1. The predicted molar refractivity (Wildman–Crippen MR) is 53.4 cm³/mol. The highest BCUT2D eigenvalue weighted by molar-refractivity contribution is 5.71. The van der Waals surface area contributed by atoms with Gasteiger partial charge in [0.2, 0.25) is 0 Å². The lowest BCUT2D eigenvalue weighted by atomic mass is 10.1. The van der Waals surface area contributed by atoms with Crippen molar-refractivity contribution in [3.05, 3.63) is 0 Å². The molecule has 4 heteroatoms. The average molecular weight is 200 g/mol. The third-order valence-corrected chi connectivity index (χ3v) is 1.59. The van der Waals surface area contributed by atoms with Crippen molar-refractivity contribution in [2.75, 3.05) is 0 Å². The molecule has 0 heterocycles. The van der Waals surface area contributed by atoms with Gasteiger partial charge in [-0.15, -0.1) is 0 Å². The molecule has 0 aromatic carbocycles. The van der Waals surface area contributed by atoms with Crippen molar-refractivity contribution in [2.45, 2.75) is 52.2 Å². The highest BCUT2D eigenvalue weighted by Crippen LogP contribution is 2.09. The van der Waals surface area contributed by atoms with E-state index in [0.29, 0.717) is 6.42 Å². The van der Waals surface area contributed by atoms with Gasteiger partial charge in [0, 0.05) is 6.04 Å². The van der Waals surface area contributed by atoms with E-state index < -0.39 is 5.60 Å². The average Bonchev–Trinajstić information content (AvgIpc) is 2.00. The molecule has 14 heavy (non-hydrogen) atoms. The number of amides is 1. The molecule has 1 radical (unpaired) electrons. The maximum Gasteiger partial charge on any atom is 0.309 e. The normalized spacial score (nSPS) is 13.1. The third kappa shape index (κ3) is 6.46. The summed E-state index contributed by atoms with van der Waals surface area (Å²) in [6.07, 6.45) is 2.47. The van der Waals surface area contributed by atoms with Crippen LogP contribution in [0, 0.1) is 0 Å². The molecule has 0 aliphatic rings. The minimum Gasteiger partial charge on any atom is -0.460 e. The molecule has 1 atom stereocenters. The van der Waals surface area contributed by atoms with E-state index in [2.05, 4.69) is 5.32 Å². The molecular formula is C10H18NO3. The molecule has 0 saturated carbocycles. The molecule has 0 rings (SSSR count). The minimum absolute atomic E-state index is 0.178. The smallest absolute Gasteiger partial charge is 0.309 e. The van der Waals surface area contributed by atoms with Gasteiger partial charge in [0.1, 0.15) is 5.60 Å². The summed E-state index contributed by atoms with van der Waals surface area (Å²) in [5.74, 6) is -0.299. The molecule has 0 aliphatic carbocycles. The Morgan fingerprint density at radius 3 is 2.43 bits per heavy atom. The van der Waals surface area contributed by atoms with E-state index in [4.69, 9.17) is 4.74 Å². The SMILES string of the molecule is CCC(CC(=O)OC(C)(C)C)N[C]=O. The molecule has 4 nitrogen and oxygen atoms in total. The van der Waals surface area contributed by atoms with Crippen LogP contribution >= 0.6 is 0 Å². The lowest BCUT2D eigenvalue weighted by molar-refractivity contribution is -0.155. The first-order valence-electron chi connectivity index (χ1n) is 4.73. The molecule has 0 aromatic heterocycles. The lowest BCUT2D eigenvalue weighted by Crippen LogP contribution is -2.33. The Kier molecular flexibility index (Phi) is 5.20. The van der Waals surface area contributed by atoms with Crippen molar-refractivity contribution in [3.63, 3.8) is 0 Å². The van der Waals surface area contributed by atoms with Crippen LogP contribution in [-0.2, 0) is 14.3 Å². The van der Waals surface area contributed by atoms with Crippen LogP contribution < -0.4 is 5.32 Å². The molecule has 0 bridgehead atoms. The summed E-state index contributed by atoms with van der Waals surface area (Å²) in [6.45, 7) is 7.32.